The van der Waals surface area contributed by atoms with Gasteiger partial charge in [-0.3, -0.25) is 0 Å². The summed E-state index contributed by atoms with van der Waals surface area (Å²) in [5, 5.41) is 14.0. The molecule has 2 aromatic carbocycles. The number of ether oxygens (including phenoxy) is 1. The molecule has 0 spiro atoms. The van der Waals surface area contributed by atoms with Gasteiger partial charge in [-0.2, -0.15) is 0 Å². The minimum atomic E-state index is -0.908. The van der Waals surface area contributed by atoms with Crippen LogP contribution in [-0.2, 0) is 4.74 Å². The van der Waals surface area contributed by atoms with E-state index in [-0.39, 0.29) is 0 Å². The molecule has 2 rings (SSSR count). The van der Waals surface area contributed by atoms with Gasteiger partial charge in [0.25, 0.3) is 0 Å². The summed E-state index contributed by atoms with van der Waals surface area (Å²) in [4.78, 5) is 11.1. The Hall–Kier alpha value is -2.07. The van der Waals surface area contributed by atoms with E-state index in [1.807, 2.05) is 24.3 Å². The van der Waals surface area contributed by atoms with Crippen molar-refractivity contribution in [1.29, 1.82) is 0 Å². The Morgan fingerprint density at radius 1 is 1.22 bits per heavy atom. The molecule has 0 aromatic heterocycles. The minimum Gasteiger partial charge on any atom is -0.478 e. The second kappa shape index (κ2) is 5.51. The lowest BCUT2D eigenvalue weighted by Gasteiger charge is -2.11. The monoisotopic (exact) mass is 245 g/mol. The van der Waals surface area contributed by atoms with E-state index < -0.39 is 5.97 Å². The lowest BCUT2D eigenvalue weighted by atomic mass is 10.0. The van der Waals surface area contributed by atoms with Crippen LogP contribution in [0.1, 0.15) is 10.4 Å². The number of benzene rings is 2. The van der Waals surface area contributed by atoms with Crippen LogP contribution in [0.5, 0.6) is 0 Å². The van der Waals surface area contributed by atoms with Gasteiger partial charge in [0.05, 0.1) is 12.2 Å². The molecule has 0 atom stereocenters. The fraction of sp³-hybridized carbons (Fsp3) is 0.214. The Morgan fingerprint density at radius 2 is 1.94 bits per heavy atom. The molecular formula is C14H15NO3. The highest BCUT2D eigenvalue weighted by molar-refractivity contribution is 6.07. The molecule has 4 heteroatoms. The van der Waals surface area contributed by atoms with E-state index in [1.54, 1.807) is 19.2 Å². The molecule has 0 aliphatic rings. The van der Waals surface area contributed by atoms with Crippen molar-refractivity contribution in [3.63, 3.8) is 0 Å². The Morgan fingerprint density at radius 3 is 2.61 bits per heavy atom. The first-order valence-electron chi connectivity index (χ1n) is 5.72. The van der Waals surface area contributed by atoms with Gasteiger partial charge in [-0.25, -0.2) is 4.79 Å². The molecule has 0 unspecified atom stereocenters. The predicted octanol–water partition coefficient (Wildman–Crippen LogP) is 2.60. The zero-order valence-corrected chi connectivity index (χ0v) is 10.1. The van der Waals surface area contributed by atoms with Crippen LogP contribution in [0.15, 0.2) is 36.4 Å². The van der Waals surface area contributed by atoms with Crippen LogP contribution < -0.4 is 5.32 Å². The molecule has 94 valence electrons. The number of methoxy groups -OCH3 is 1. The van der Waals surface area contributed by atoms with Gasteiger partial charge in [0.1, 0.15) is 0 Å². The summed E-state index contributed by atoms with van der Waals surface area (Å²) < 4.78 is 4.98. The quantitative estimate of drug-likeness (QED) is 0.795. The van der Waals surface area contributed by atoms with Crippen molar-refractivity contribution in [2.45, 2.75) is 0 Å². The topological polar surface area (TPSA) is 58.6 Å². The fourth-order valence-corrected chi connectivity index (χ4v) is 1.93. The van der Waals surface area contributed by atoms with Crippen LogP contribution in [0, 0.1) is 0 Å². The Bertz CT molecular complexity index is 566. The van der Waals surface area contributed by atoms with Gasteiger partial charge in [-0.05, 0) is 17.5 Å². The number of aromatic carboxylic acids is 1. The number of nitrogens with one attached hydrogen (secondary N) is 1. The molecule has 0 heterocycles. The lowest BCUT2D eigenvalue weighted by molar-refractivity contribution is 0.0699. The van der Waals surface area contributed by atoms with Gasteiger partial charge in [0, 0.05) is 24.7 Å². The number of hydrogen-bond donors (Lipinski definition) is 2. The zero-order chi connectivity index (χ0) is 13.0. The summed E-state index contributed by atoms with van der Waals surface area (Å²) >= 11 is 0. The highest BCUT2D eigenvalue weighted by Crippen LogP contribution is 2.26. The smallest absolute Gasteiger partial charge is 0.336 e. The molecule has 0 amide bonds. The predicted molar refractivity (Wildman–Crippen MR) is 71.3 cm³/mol. The van der Waals surface area contributed by atoms with Crippen molar-refractivity contribution in [3.8, 4) is 0 Å². The van der Waals surface area contributed by atoms with E-state index >= 15 is 0 Å². The maximum atomic E-state index is 11.1. The molecular weight excluding hydrogens is 230 g/mol. The van der Waals surface area contributed by atoms with E-state index in [2.05, 4.69) is 5.32 Å². The third-order valence-electron chi connectivity index (χ3n) is 2.78. The van der Waals surface area contributed by atoms with Crippen LogP contribution in [0.25, 0.3) is 10.8 Å². The Labute approximate surface area is 105 Å². The molecule has 0 saturated carbocycles. The summed E-state index contributed by atoms with van der Waals surface area (Å²) in [6, 6.07) is 10.9. The molecule has 18 heavy (non-hydrogen) atoms. The molecule has 0 fully saturated rings. The lowest BCUT2D eigenvalue weighted by Crippen LogP contribution is -2.08. The summed E-state index contributed by atoms with van der Waals surface area (Å²) in [5.41, 5.74) is 1.25. The van der Waals surface area contributed by atoms with E-state index in [4.69, 9.17) is 9.84 Å². The van der Waals surface area contributed by atoms with E-state index in [0.717, 1.165) is 16.5 Å². The highest BCUT2D eigenvalue weighted by Gasteiger charge is 2.10. The molecule has 4 nitrogen and oxygen atoms in total. The van der Waals surface area contributed by atoms with Gasteiger partial charge in [0.15, 0.2) is 0 Å². The third kappa shape index (κ3) is 2.43. The van der Waals surface area contributed by atoms with Gasteiger partial charge >= 0.3 is 5.97 Å². The second-order valence-electron chi connectivity index (χ2n) is 3.93. The number of carbonyl (C=O) groups is 1. The van der Waals surface area contributed by atoms with Crippen molar-refractivity contribution < 1.29 is 14.6 Å². The van der Waals surface area contributed by atoms with Crippen LogP contribution in [-0.4, -0.2) is 31.3 Å². The van der Waals surface area contributed by atoms with Crippen LogP contribution >= 0.6 is 0 Å². The van der Waals surface area contributed by atoms with Crippen molar-refractivity contribution in [3.05, 3.63) is 42.0 Å². The molecule has 0 radical (unpaired) electrons. The first-order valence-corrected chi connectivity index (χ1v) is 5.72. The number of rotatable bonds is 5. The largest absolute Gasteiger partial charge is 0.478 e. The van der Waals surface area contributed by atoms with Crippen LogP contribution in [0.2, 0.25) is 0 Å². The number of anilines is 1. The summed E-state index contributed by atoms with van der Waals surface area (Å²) in [7, 11) is 1.65. The molecule has 0 aliphatic heterocycles. The summed E-state index contributed by atoms with van der Waals surface area (Å²) in [6.07, 6.45) is 0. The van der Waals surface area contributed by atoms with Crippen molar-refractivity contribution >= 4 is 22.4 Å². The van der Waals surface area contributed by atoms with E-state index in [0.29, 0.717) is 18.7 Å². The SMILES string of the molecule is COCCNc1ccc(C(=O)O)c2ccccc12. The average molecular weight is 245 g/mol. The Kier molecular flexibility index (Phi) is 3.79. The molecule has 2 N–H and O–H groups in total. The minimum absolute atomic E-state index is 0.322. The molecule has 0 bridgehead atoms. The number of fused-ring (bicyclic) bond motifs is 1. The number of hydrogen-bond acceptors (Lipinski definition) is 3. The zero-order valence-electron chi connectivity index (χ0n) is 10.1. The summed E-state index contributed by atoms with van der Waals surface area (Å²) in [5.74, 6) is -0.908. The molecule has 0 saturated heterocycles. The molecule has 0 aliphatic carbocycles. The maximum absolute atomic E-state index is 11.1. The van der Waals surface area contributed by atoms with Crippen LogP contribution in [0.3, 0.4) is 0 Å². The van der Waals surface area contributed by atoms with Crippen molar-refractivity contribution in [1.82, 2.24) is 0 Å². The Balaban J connectivity index is 2.44. The third-order valence-corrected chi connectivity index (χ3v) is 2.78. The molecule has 2 aromatic rings. The normalized spacial score (nSPS) is 10.5. The van der Waals surface area contributed by atoms with E-state index in [1.165, 1.54) is 0 Å². The fourth-order valence-electron chi connectivity index (χ4n) is 1.93. The average Bonchev–Trinajstić information content (AvgIpc) is 2.38. The van der Waals surface area contributed by atoms with Crippen LogP contribution in [0.4, 0.5) is 5.69 Å². The van der Waals surface area contributed by atoms with Gasteiger partial charge in [-0.1, -0.05) is 24.3 Å². The van der Waals surface area contributed by atoms with Crippen molar-refractivity contribution in [2.75, 3.05) is 25.6 Å². The van der Waals surface area contributed by atoms with E-state index in [9.17, 15) is 4.79 Å². The highest BCUT2D eigenvalue weighted by atomic mass is 16.5. The first kappa shape index (κ1) is 12.4. The van der Waals surface area contributed by atoms with Gasteiger partial charge in [-0.15, -0.1) is 0 Å². The summed E-state index contributed by atoms with van der Waals surface area (Å²) in [6.45, 7) is 1.29. The number of carboxylic acid groups (broad SMARTS) is 1. The second-order valence-corrected chi connectivity index (χ2v) is 3.93. The van der Waals surface area contributed by atoms with Gasteiger partial charge in [0.2, 0.25) is 0 Å². The number of carboxylic acids is 1. The maximum Gasteiger partial charge on any atom is 0.336 e. The van der Waals surface area contributed by atoms with Crippen molar-refractivity contribution in [2.24, 2.45) is 0 Å². The first-order chi connectivity index (χ1) is 8.74. The standard InChI is InChI=1S/C14H15NO3/c1-18-9-8-15-13-7-6-12(14(16)17)10-4-2-3-5-11(10)13/h2-7,15H,8-9H2,1H3,(H,16,17). The van der Waals surface area contributed by atoms with Gasteiger partial charge < -0.3 is 15.2 Å².